The fourth-order valence-electron chi connectivity index (χ4n) is 1.80. The highest BCUT2D eigenvalue weighted by atomic mass is 32.1. The molecule has 0 saturated carbocycles. The van der Waals surface area contributed by atoms with Crippen LogP contribution in [-0.2, 0) is 0 Å². The van der Waals surface area contributed by atoms with Gasteiger partial charge in [-0.1, -0.05) is 24.4 Å². The van der Waals surface area contributed by atoms with Gasteiger partial charge >= 0.3 is 0 Å². The summed E-state index contributed by atoms with van der Waals surface area (Å²) in [5, 5.41) is 2.79. The van der Waals surface area contributed by atoms with Crippen molar-refractivity contribution < 1.29 is 9.21 Å². The summed E-state index contributed by atoms with van der Waals surface area (Å²) in [7, 11) is 0. The van der Waals surface area contributed by atoms with E-state index < -0.39 is 0 Å². The van der Waals surface area contributed by atoms with Gasteiger partial charge in [-0.15, -0.1) is 0 Å². The van der Waals surface area contributed by atoms with Gasteiger partial charge in [0, 0.05) is 11.3 Å². The second kappa shape index (κ2) is 5.24. The minimum atomic E-state index is -0.213. The van der Waals surface area contributed by atoms with Gasteiger partial charge in [0.05, 0.1) is 5.56 Å². The third-order valence-electron chi connectivity index (χ3n) is 2.69. The summed E-state index contributed by atoms with van der Waals surface area (Å²) < 4.78 is 5.33. The number of hydrogen-bond acceptors (Lipinski definition) is 3. The fraction of sp³-hybridized carbons (Fsp3) is 0.143. The lowest BCUT2D eigenvalue weighted by molar-refractivity contribution is 0.102. The Morgan fingerprint density at radius 2 is 2.05 bits per heavy atom. The van der Waals surface area contributed by atoms with Crippen molar-refractivity contribution in [3.8, 4) is 0 Å². The lowest BCUT2D eigenvalue weighted by atomic mass is 10.2. The minimum absolute atomic E-state index is 0.213. The molecule has 0 spiro atoms. The van der Waals surface area contributed by atoms with E-state index in [1.54, 1.807) is 44.2 Å². The molecule has 0 unspecified atom stereocenters. The molecular weight excluding hydrogens is 260 g/mol. The molecule has 19 heavy (non-hydrogen) atoms. The molecule has 5 heteroatoms. The molecule has 4 nitrogen and oxygen atoms in total. The van der Waals surface area contributed by atoms with Gasteiger partial charge in [-0.2, -0.15) is 0 Å². The molecule has 0 aliphatic carbocycles. The van der Waals surface area contributed by atoms with Crippen LogP contribution in [0, 0.1) is 13.8 Å². The number of hydrogen-bond donors (Lipinski definition) is 2. The van der Waals surface area contributed by atoms with E-state index in [1.165, 1.54) is 0 Å². The van der Waals surface area contributed by atoms with Crippen LogP contribution in [0.1, 0.15) is 27.4 Å². The molecule has 2 aromatic rings. The number of anilines is 1. The number of thiocarbonyl (C=S) groups is 1. The first kappa shape index (κ1) is 13.3. The highest BCUT2D eigenvalue weighted by Gasteiger charge is 2.13. The van der Waals surface area contributed by atoms with E-state index in [0.29, 0.717) is 33.3 Å². The first-order chi connectivity index (χ1) is 8.97. The van der Waals surface area contributed by atoms with Crippen molar-refractivity contribution in [3.63, 3.8) is 0 Å². The van der Waals surface area contributed by atoms with E-state index in [9.17, 15) is 4.79 Å². The normalized spacial score (nSPS) is 10.2. The van der Waals surface area contributed by atoms with E-state index in [0.717, 1.165) is 0 Å². The predicted molar refractivity (Wildman–Crippen MR) is 78.5 cm³/mol. The average Bonchev–Trinajstić information content (AvgIpc) is 2.69. The summed E-state index contributed by atoms with van der Waals surface area (Å²) in [5.41, 5.74) is 7.44. The van der Waals surface area contributed by atoms with E-state index >= 15 is 0 Å². The molecule has 1 aromatic carbocycles. The molecule has 1 aromatic heterocycles. The molecule has 0 radical (unpaired) electrons. The van der Waals surface area contributed by atoms with Crippen molar-refractivity contribution >= 4 is 28.8 Å². The summed E-state index contributed by atoms with van der Waals surface area (Å²) in [6.07, 6.45) is 0. The third-order valence-corrected chi connectivity index (χ3v) is 2.93. The molecule has 98 valence electrons. The number of nitrogens with one attached hydrogen (secondary N) is 1. The summed E-state index contributed by atoms with van der Waals surface area (Å²) in [5.74, 6) is 1.09. The van der Waals surface area contributed by atoms with Crippen molar-refractivity contribution in [3.05, 3.63) is 53.0 Å². The number of carbonyl (C=O) groups excluding carboxylic acids is 1. The average molecular weight is 274 g/mol. The van der Waals surface area contributed by atoms with Crippen LogP contribution in [0.15, 0.2) is 34.7 Å². The van der Waals surface area contributed by atoms with Gasteiger partial charge in [0.1, 0.15) is 16.5 Å². The van der Waals surface area contributed by atoms with Crippen LogP contribution in [0.3, 0.4) is 0 Å². The van der Waals surface area contributed by atoms with Crippen molar-refractivity contribution in [1.29, 1.82) is 0 Å². The van der Waals surface area contributed by atoms with Crippen molar-refractivity contribution in [1.82, 2.24) is 0 Å². The molecule has 0 fully saturated rings. The quantitative estimate of drug-likeness (QED) is 0.844. The van der Waals surface area contributed by atoms with Gasteiger partial charge in [-0.05, 0) is 32.0 Å². The Labute approximate surface area is 116 Å². The highest BCUT2D eigenvalue weighted by Crippen LogP contribution is 2.17. The number of amides is 1. The van der Waals surface area contributed by atoms with Crippen molar-refractivity contribution in [2.24, 2.45) is 5.73 Å². The molecule has 0 bridgehead atoms. The SMILES string of the molecule is Cc1cc(C(=O)Nc2cccc(C(N)=S)c2)c(C)o1. The Bertz CT molecular complexity index is 647. The van der Waals surface area contributed by atoms with Crippen LogP contribution in [0.25, 0.3) is 0 Å². The van der Waals surface area contributed by atoms with Crippen molar-refractivity contribution in [2.75, 3.05) is 5.32 Å². The van der Waals surface area contributed by atoms with Gasteiger partial charge in [-0.25, -0.2) is 0 Å². The highest BCUT2D eigenvalue weighted by molar-refractivity contribution is 7.80. The van der Waals surface area contributed by atoms with Crippen molar-refractivity contribution in [2.45, 2.75) is 13.8 Å². The number of benzene rings is 1. The molecule has 2 rings (SSSR count). The molecule has 3 N–H and O–H groups in total. The third kappa shape index (κ3) is 3.00. The van der Waals surface area contributed by atoms with Gasteiger partial charge in [0.15, 0.2) is 0 Å². The lowest BCUT2D eigenvalue weighted by Crippen LogP contribution is -2.14. The fourth-order valence-corrected chi connectivity index (χ4v) is 1.93. The Kier molecular flexibility index (Phi) is 3.66. The largest absolute Gasteiger partial charge is 0.466 e. The summed E-state index contributed by atoms with van der Waals surface area (Å²) in [6, 6.07) is 8.81. The van der Waals surface area contributed by atoms with E-state index in [2.05, 4.69) is 5.32 Å². The molecule has 0 aliphatic rings. The zero-order chi connectivity index (χ0) is 14.0. The first-order valence-corrected chi connectivity index (χ1v) is 6.16. The number of rotatable bonds is 3. The van der Waals surface area contributed by atoms with E-state index in [1.807, 2.05) is 0 Å². The van der Waals surface area contributed by atoms with Crippen LogP contribution in [-0.4, -0.2) is 10.9 Å². The molecular formula is C14H14N2O2S. The molecule has 0 atom stereocenters. The maximum Gasteiger partial charge on any atom is 0.259 e. The number of nitrogens with two attached hydrogens (primary N) is 1. The maximum atomic E-state index is 12.1. The summed E-state index contributed by atoms with van der Waals surface area (Å²) in [4.78, 5) is 12.4. The molecule has 0 saturated heterocycles. The van der Waals surface area contributed by atoms with Gasteiger partial charge in [0.25, 0.3) is 5.91 Å². The smallest absolute Gasteiger partial charge is 0.259 e. The van der Waals surface area contributed by atoms with Gasteiger partial charge < -0.3 is 15.5 Å². The summed E-state index contributed by atoms with van der Waals surface area (Å²) in [6.45, 7) is 3.56. The second-order valence-electron chi connectivity index (χ2n) is 4.23. The zero-order valence-electron chi connectivity index (χ0n) is 10.7. The second-order valence-corrected chi connectivity index (χ2v) is 4.67. The Hall–Kier alpha value is -2.14. The Morgan fingerprint density at radius 1 is 1.32 bits per heavy atom. The van der Waals surface area contributed by atoms with E-state index in [-0.39, 0.29) is 5.91 Å². The van der Waals surface area contributed by atoms with Crippen LogP contribution in [0.5, 0.6) is 0 Å². The topological polar surface area (TPSA) is 68.3 Å². The van der Waals surface area contributed by atoms with E-state index in [4.69, 9.17) is 22.4 Å². The maximum absolute atomic E-state index is 12.1. The van der Waals surface area contributed by atoms with Gasteiger partial charge in [-0.3, -0.25) is 4.79 Å². The minimum Gasteiger partial charge on any atom is -0.466 e. The first-order valence-electron chi connectivity index (χ1n) is 5.75. The number of carbonyl (C=O) groups is 1. The molecule has 1 amide bonds. The number of aryl methyl sites for hydroxylation is 2. The number of furan rings is 1. The van der Waals surface area contributed by atoms with Crippen LogP contribution in [0.4, 0.5) is 5.69 Å². The molecule has 0 aliphatic heterocycles. The van der Waals surface area contributed by atoms with Gasteiger partial charge in [0.2, 0.25) is 0 Å². The van der Waals surface area contributed by atoms with Crippen LogP contribution < -0.4 is 11.1 Å². The molecule has 1 heterocycles. The summed E-state index contributed by atoms with van der Waals surface area (Å²) >= 11 is 4.90. The lowest BCUT2D eigenvalue weighted by Gasteiger charge is -2.06. The Morgan fingerprint density at radius 3 is 2.63 bits per heavy atom. The van der Waals surface area contributed by atoms with Crippen LogP contribution in [0.2, 0.25) is 0 Å². The standard InChI is InChI=1S/C14H14N2O2S/c1-8-6-12(9(2)18-8)14(17)16-11-5-3-4-10(7-11)13(15)19/h3-7H,1-2H3,(H2,15,19)(H,16,17). The van der Waals surface area contributed by atoms with Crippen LogP contribution >= 0.6 is 12.2 Å². The predicted octanol–water partition coefficient (Wildman–Crippen LogP) is 2.78. The Balaban J connectivity index is 2.21. The monoisotopic (exact) mass is 274 g/mol. The zero-order valence-corrected chi connectivity index (χ0v) is 11.5.